The first kappa shape index (κ1) is 15.1. The maximum atomic E-state index is 11.3. The van der Waals surface area contributed by atoms with Crippen LogP contribution in [-0.4, -0.2) is 31.1 Å². The van der Waals surface area contributed by atoms with Gasteiger partial charge in [-0.15, -0.1) is 0 Å². The molecule has 0 saturated carbocycles. The molecule has 2 atom stereocenters. The third kappa shape index (κ3) is 8.41. The molecule has 0 fully saturated rings. The van der Waals surface area contributed by atoms with Crippen LogP contribution in [0.5, 0.6) is 0 Å². The molecule has 0 aliphatic carbocycles. The fraction of sp³-hybridized carbons (Fsp3) is 0.833. The van der Waals surface area contributed by atoms with Crippen LogP contribution in [0.25, 0.3) is 0 Å². The van der Waals surface area contributed by atoms with Crippen LogP contribution >= 0.6 is 0 Å². The van der Waals surface area contributed by atoms with Gasteiger partial charge in [-0.3, -0.25) is 4.79 Å². The highest BCUT2D eigenvalue weighted by Crippen LogP contribution is 2.07. The lowest BCUT2D eigenvalue weighted by atomic mass is 10.2. The third-order valence-corrected chi connectivity index (χ3v) is 2.31. The van der Waals surface area contributed by atoms with Crippen molar-refractivity contribution in [3.8, 4) is 0 Å². The monoisotopic (exact) mass is 230 g/mol. The summed E-state index contributed by atoms with van der Waals surface area (Å²) in [5, 5.41) is 0. The highest BCUT2D eigenvalue weighted by molar-refractivity contribution is 5.76. The number of hydrogen-bond donors (Lipinski definition) is 0. The zero-order valence-electron chi connectivity index (χ0n) is 10.6. The molecule has 16 heavy (non-hydrogen) atoms. The molecule has 0 aromatic heterocycles. The van der Waals surface area contributed by atoms with E-state index in [0.717, 1.165) is 0 Å². The first-order chi connectivity index (χ1) is 7.45. The highest BCUT2D eigenvalue weighted by atomic mass is 16.5. The minimum Gasteiger partial charge on any atom is -0.463 e. The number of carbonyl (C=O) groups is 2. The molecule has 0 rings (SSSR count). The number of rotatable bonds is 8. The molecular weight excluding hydrogens is 208 g/mol. The topological polar surface area (TPSA) is 52.6 Å². The summed E-state index contributed by atoms with van der Waals surface area (Å²) >= 11 is 0. The van der Waals surface area contributed by atoms with Crippen molar-refractivity contribution >= 4 is 11.8 Å². The lowest BCUT2D eigenvalue weighted by Gasteiger charge is -2.16. The van der Waals surface area contributed by atoms with Crippen LogP contribution in [0.3, 0.4) is 0 Å². The van der Waals surface area contributed by atoms with Crippen molar-refractivity contribution in [1.82, 2.24) is 0 Å². The Hall–Kier alpha value is -0.900. The Morgan fingerprint density at radius 3 is 2.25 bits per heavy atom. The number of methoxy groups -OCH3 is 1. The zero-order valence-corrected chi connectivity index (χ0v) is 10.6. The Morgan fingerprint density at radius 2 is 1.75 bits per heavy atom. The minimum atomic E-state index is -0.239. The van der Waals surface area contributed by atoms with E-state index in [0.29, 0.717) is 25.7 Å². The van der Waals surface area contributed by atoms with Gasteiger partial charge in [0.25, 0.3) is 0 Å². The molecule has 4 nitrogen and oxygen atoms in total. The van der Waals surface area contributed by atoms with Gasteiger partial charge in [0, 0.05) is 26.4 Å². The van der Waals surface area contributed by atoms with Gasteiger partial charge >= 0.3 is 5.97 Å². The van der Waals surface area contributed by atoms with E-state index < -0.39 is 0 Å². The predicted octanol–water partition coefficient (Wildman–Crippen LogP) is 2.10. The Morgan fingerprint density at radius 1 is 1.12 bits per heavy atom. The Bertz CT molecular complexity index is 225. The maximum absolute atomic E-state index is 11.3. The van der Waals surface area contributed by atoms with Crippen molar-refractivity contribution in [2.45, 2.75) is 58.7 Å². The van der Waals surface area contributed by atoms with Crippen molar-refractivity contribution in [1.29, 1.82) is 0 Å². The molecular formula is C12H22O4. The number of carbonyl (C=O) groups excluding carboxylic acids is 2. The smallest absolute Gasteiger partial charge is 0.306 e. The lowest BCUT2D eigenvalue weighted by Crippen LogP contribution is -2.20. The van der Waals surface area contributed by atoms with Crippen LogP contribution in [0.15, 0.2) is 0 Å². The fourth-order valence-corrected chi connectivity index (χ4v) is 1.38. The zero-order chi connectivity index (χ0) is 12.6. The number of ether oxygens (including phenoxy) is 2. The molecule has 0 spiro atoms. The van der Waals surface area contributed by atoms with Crippen LogP contribution < -0.4 is 0 Å². The van der Waals surface area contributed by atoms with E-state index >= 15 is 0 Å². The second-order valence-electron chi connectivity index (χ2n) is 4.14. The summed E-state index contributed by atoms with van der Waals surface area (Å²) in [6.45, 7) is 5.30. The lowest BCUT2D eigenvalue weighted by molar-refractivity contribution is -0.149. The quantitative estimate of drug-likeness (QED) is 0.599. The Kier molecular flexibility index (Phi) is 7.81. The summed E-state index contributed by atoms with van der Waals surface area (Å²) in [6, 6.07) is 0. The molecule has 94 valence electrons. The van der Waals surface area contributed by atoms with E-state index in [4.69, 9.17) is 9.47 Å². The van der Waals surface area contributed by atoms with Gasteiger partial charge in [-0.1, -0.05) is 0 Å². The molecule has 0 aromatic rings. The number of ketones is 1. The minimum absolute atomic E-state index is 0.0834. The van der Waals surface area contributed by atoms with Gasteiger partial charge in [0.15, 0.2) is 0 Å². The molecule has 2 unspecified atom stereocenters. The Labute approximate surface area is 97.3 Å². The average Bonchev–Trinajstić information content (AvgIpc) is 2.16. The largest absolute Gasteiger partial charge is 0.463 e. The SMILES string of the molecule is COC(C)CC(C)OC(=O)CCCC(C)=O. The predicted molar refractivity (Wildman–Crippen MR) is 61.2 cm³/mol. The van der Waals surface area contributed by atoms with Gasteiger partial charge in [0.1, 0.15) is 11.9 Å². The van der Waals surface area contributed by atoms with Gasteiger partial charge in [0.05, 0.1) is 6.10 Å². The van der Waals surface area contributed by atoms with Crippen molar-refractivity contribution in [2.75, 3.05) is 7.11 Å². The van der Waals surface area contributed by atoms with E-state index in [1.165, 1.54) is 6.92 Å². The molecule has 0 bridgehead atoms. The normalized spacial score (nSPS) is 14.2. The number of hydrogen-bond acceptors (Lipinski definition) is 4. The summed E-state index contributed by atoms with van der Waals surface area (Å²) in [7, 11) is 1.63. The van der Waals surface area contributed by atoms with E-state index in [1.54, 1.807) is 7.11 Å². The molecule has 0 aromatic carbocycles. The van der Waals surface area contributed by atoms with Gasteiger partial charge < -0.3 is 14.3 Å². The summed E-state index contributed by atoms with van der Waals surface area (Å²) < 4.78 is 10.3. The van der Waals surface area contributed by atoms with Crippen LogP contribution in [0.1, 0.15) is 46.5 Å². The number of Topliss-reactive ketones (excluding diaryl/α,β-unsaturated/α-hetero) is 1. The molecule has 0 saturated heterocycles. The molecule has 0 radical (unpaired) electrons. The van der Waals surface area contributed by atoms with Crippen molar-refractivity contribution in [3.05, 3.63) is 0 Å². The van der Waals surface area contributed by atoms with Crippen molar-refractivity contribution in [3.63, 3.8) is 0 Å². The van der Waals surface area contributed by atoms with Gasteiger partial charge in [0.2, 0.25) is 0 Å². The summed E-state index contributed by atoms with van der Waals surface area (Å²) in [6.07, 6.45) is 1.96. The molecule has 0 aliphatic heterocycles. The van der Waals surface area contributed by atoms with E-state index in [1.807, 2.05) is 13.8 Å². The fourth-order valence-electron chi connectivity index (χ4n) is 1.38. The molecule has 0 N–H and O–H groups in total. The first-order valence-corrected chi connectivity index (χ1v) is 5.67. The molecule has 0 heterocycles. The Balaban J connectivity index is 3.65. The summed E-state index contributed by atoms with van der Waals surface area (Å²) in [4.78, 5) is 22.0. The van der Waals surface area contributed by atoms with Crippen molar-refractivity contribution in [2.24, 2.45) is 0 Å². The van der Waals surface area contributed by atoms with Crippen LogP contribution in [0.4, 0.5) is 0 Å². The van der Waals surface area contributed by atoms with Gasteiger partial charge in [-0.25, -0.2) is 0 Å². The highest BCUT2D eigenvalue weighted by Gasteiger charge is 2.12. The first-order valence-electron chi connectivity index (χ1n) is 5.67. The summed E-state index contributed by atoms with van der Waals surface area (Å²) in [5.74, 6) is -0.133. The van der Waals surface area contributed by atoms with E-state index in [2.05, 4.69) is 0 Å². The van der Waals surface area contributed by atoms with Crippen LogP contribution in [0.2, 0.25) is 0 Å². The molecule has 0 amide bonds. The second kappa shape index (κ2) is 8.28. The third-order valence-electron chi connectivity index (χ3n) is 2.31. The summed E-state index contributed by atoms with van der Waals surface area (Å²) in [5.41, 5.74) is 0. The van der Waals surface area contributed by atoms with Gasteiger partial charge in [-0.2, -0.15) is 0 Å². The standard InChI is InChI=1S/C12H22O4/c1-9(13)6-5-7-12(14)16-11(3)8-10(2)15-4/h10-11H,5-8H2,1-4H3. The average molecular weight is 230 g/mol. The second-order valence-corrected chi connectivity index (χ2v) is 4.14. The van der Waals surface area contributed by atoms with Crippen LogP contribution in [-0.2, 0) is 19.1 Å². The molecule has 0 aliphatic rings. The van der Waals surface area contributed by atoms with Gasteiger partial charge in [-0.05, 0) is 27.2 Å². The van der Waals surface area contributed by atoms with Crippen LogP contribution in [0, 0.1) is 0 Å². The van der Waals surface area contributed by atoms with E-state index in [-0.39, 0.29) is 24.0 Å². The van der Waals surface area contributed by atoms with E-state index in [9.17, 15) is 9.59 Å². The number of esters is 1. The maximum Gasteiger partial charge on any atom is 0.306 e. The van der Waals surface area contributed by atoms with Crippen molar-refractivity contribution < 1.29 is 19.1 Å². The molecule has 4 heteroatoms.